The number of aliphatic hydroxyl groups excluding tert-OH is 1. The molecule has 0 saturated heterocycles. The molecule has 0 aromatic carbocycles. The lowest BCUT2D eigenvalue weighted by atomic mass is 10.0. The molecule has 46 heavy (non-hydrogen) atoms. The summed E-state index contributed by atoms with van der Waals surface area (Å²) >= 11 is 0. The Morgan fingerprint density at radius 1 is 0.739 bits per heavy atom. The van der Waals surface area contributed by atoms with E-state index in [-0.39, 0.29) is 19.1 Å². The fourth-order valence-corrected chi connectivity index (χ4v) is 6.11. The van der Waals surface area contributed by atoms with Gasteiger partial charge in [-0.15, -0.1) is 0 Å². The van der Waals surface area contributed by atoms with E-state index in [1.165, 1.54) is 109 Å². The Hall–Kier alpha value is -0.760. The number of carbonyl (C=O) groups is 1. The van der Waals surface area contributed by atoms with Crippen LogP contribution in [0.4, 0.5) is 0 Å². The molecule has 8 nitrogen and oxygen atoms in total. The maximum atomic E-state index is 12.7. The Bertz CT molecular complexity index is 773. The molecule has 274 valence electrons. The van der Waals surface area contributed by atoms with Gasteiger partial charge >= 0.3 is 0 Å². The molecule has 3 unspecified atom stereocenters. The zero-order chi connectivity index (χ0) is 34.4. The predicted molar refractivity (Wildman–Crippen MR) is 192 cm³/mol. The van der Waals surface area contributed by atoms with Crippen molar-refractivity contribution in [2.75, 3.05) is 40.9 Å². The minimum Gasteiger partial charge on any atom is -0.756 e. The zero-order valence-corrected chi connectivity index (χ0v) is 31.7. The van der Waals surface area contributed by atoms with Crippen LogP contribution in [0.2, 0.25) is 0 Å². The molecule has 0 spiro atoms. The number of phosphoric acid groups is 1. The molecular formula is C37H75N2O6P. The number of hydrogen-bond acceptors (Lipinski definition) is 6. The van der Waals surface area contributed by atoms with Gasteiger partial charge in [0.05, 0.1) is 39.9 Å². The highest BCUT2D eigenvalue weighted by atomic mass is 31.2. The summed E-state index contributed by atoms with van der Waals surface area (Å²) < 4.78 is 23.0. The molecule has 0 fully saturated rings. The van der Waals surface area contributed by atoms with E-state index in [1.807, 2.05) is 27.2 Å². The van der Waals surface area contributed by atoms with Crippen molar-refractivity contribution in [1.29, 1.82) is 0 Å². The number of unbranched alkanes of at least 4 members (excludes halogenated alkanes) is 21. The molecule has 9 heteroatoms. The number of nitrogens with one attached hydrogen (secondary N) is 1. The summed E-state index contributed by atoms with van der Waals surface area (Å²) in [5.74, 6) is -0.199. The summed E-state index contributed by atoms with van der Waals surface area (Å²) in [6.45, 7) is 4.61. The van der Waals surface area contributed by atoms with Crippen LogP contribution in [0.15, 0.2) is 12.2 Å². The summed E-state index contributed by atoms with van der Waals surface area (Å²) in [6.07, 6.45) is 31.0. The average molecular weight is 675 g/mol. The Kier molecular flexibility index (Phi) is 29.8. The van der Waals surface area contributed by atoms with Crippen molar-refractivity contribution in [3.05, 3.63) is 12.2 Å². The largest absolute Gasteiger partial charge is 0.756 e. The van der Waals surface area contributed by atoms with E-state index >= 15 is 0 Å². The quantitative estimate of drug-likeness (QED) is 0.0305. The van der Waals surface area contributed by atoms with E-state index in [4.69, 9.17) is 9.05 Å². The van der Waals surface area contributed by atoms with Crippen molar-refractivity contribution in [3.63, 3.8) is 0 Å². The Morgan fingerprint density at radius 3 is 1.63 bits per heavy atom. The second kappa shape index (κ2) is 30.3. The molecule has 0 aliphatic carbocycles. The van der Waals surface area contributed by atoms with Crippen LogP contribution in [0.5, 0.6) is 0 Å². The Labute approximate surface area is 284 Å². The van der Waals surface area contributed by atoms with Crippen LogP contribution in [0.1, 0.15) is 168 Å². The van der Waals surface area contributed by atoms with E-state index in [2.05, 4.69) is 19.2 Å². The van der Waals surface area contributed by atoms with Gasteiger partial charge in [-0.1, -0.05) is 154 Å². The lowest BCUT2D eigenvalue weighted by molar-refractivity contribution is -0.870. The number of phosphoric ester groups is 1. The third-order valence-corrected chi connectivity index (χ3v) is 9.46. The van der Waals surface area contributed by atoms with Gasteiger partial charge in [0.25, 0.3) is 7.82 Å². The van der Waals surface area contributed by atoms with Crippen molar-refractivity contribution in [1.82, 2.24) is 5.32 Å². The highest BCUT2D eigenvalue weighted by Gasteiger charge is 2.23. The van der Waals surface area contributed by atoms with Gasteiger partial charge in [0.15, 0.2) is 0 Å². The number of amides is 1. The van der Waals surface area contributed by atoms with Crippen LogP contribution >= 0.6 is 7.82 Å². The summed E-state index contributed by atoms with van der Waals surface area (Å²) in [5.41, 5.74) is 0. The van der Waals surface area contributed by atoms with Gasteiger partial charge in [0.1, 0.15) is 13.2 Å². The van der Waals surface area contributed by atoms with E-state index in [0.29, 0.717) is 17.4 Å². The number of hydrogen-bond donors (Lipinski definition) is 2. The summed E-state index contributed by atoms with van der Waals surface area (Å²) in [5, 5.41) is 13.7. The second-order valence-corrected chi connectivity index (χ2v) is 15.7. The summed E-state index contributed by atoms with van der Waals surface area (Å²) in [6, 6.07) is -0.877. The predicted octanol–water partition coefficient (Wildman–Crippen LogP) is 9.00. The van der Waals surface area contributed by atoms with Crippen molar-refractivity contribution in [2.45, 2.75) is 180 Å². The molecule has 0 bridgehead atoms. The molecule has 0 saturated carbocycles. The highest BCUT2D eigenvalue weighted by Crippen LogP contribution is 2.38. The fourth-order valence-electron chi connectivity index (χ4n) is 5.39. The lowest BCUT2D eigenvalue weighted by Crippen LogP contribution is -2.45. The zero-order valence-electron chi connectivity index (χ0n) is 30.8. The molecular weight excluding hydrogens is 599 g/mol. The van der Waals surface area contributed by atoms with Gasteiger partial charge in [0.2, 0.25) is 5.91 Å². The van der Waals surface area contributed by atoms with Gasteiger partial charge in [-0.3, -0.25) is 9.36 Å². The van der Waals surface area contributed by atoms with E-state index in [1.54, 1.807) is 6.08 Å². The van der Waals surface area contributed by atoms with E-state index in [9.17, 15) is 19.4 Å². The topological polar surface area (TPSA) is 108 Å². The molecule has 0 aromatic heterocycles. The number of quaternary nitrogens is 1. The normalized spacial score (nSPS) is 14.8. The first-order valence-electron chi connectivity index (χ1n) is 19.1. The number of likely N-dealkylation sites (N-methyl/N-ethyl adjacent to an activating group) is 1. The first-order chi connectivity index (χ1) is 22.0. The van der Waals surface area contributed by atoms with Crippen molar-refractivity contribution >= 4 is 13.7 Å². The maximum Gasteiger partial charge on any atom is 0.268 e. The van der Waals surface area contributed by atoms with Crippen LogP contribution in [0.25, 0.3) is 0 Å². The smallest absolute Gasteiger partial charge is 0.268 e. The van der Waals surface area contributed by atoms with Crippen LogP contribution in [-0.2, 0) is 18.4 Å². The van der Waals surface area contributed by atoms with Crippen molar-refractivity contribution in [2.24, 2.45) is 0 Å². The van der Waals surface area contributed by atoms with E-state index < -0.39 is 20.0 Å². The van der Waals surface area contributed by atoms with Crippen LogP contribution < -0.4 is 10.2 Å². The van der Waals surface area contributed by atoms with Crippen molar-refractivity contribution in [3.8, 4) is 0 Å². The van der Waals surface area contributed by atoms with Gasteiger partial charge in [-0.25, -0.2) is 0 Å². The van der Waals surface area contributed by atoms with Crippen LogP contribution in [0.3, 0.4) is 0 Å². The molecule has 0 aromatic rings. The molecule has 1 amide bonds. The van der Waals surface area contributed by atoms with Gasteiger partial charge in [-0.2, -0.15) is 0 Å². The second-order valence-electron chi connectivity index (χ2n) is 14.3. The molecule has 2 N–H and O–H groups in total. The van der Waals surface area contributed by atoms with E-state index in [0.717, 1.165) is 38.5 Å². The molecule has 3 atom stereocenters. The first kappa shape index (κ1) is 45.2. The third-order valence-electron chi connectivity index (χ3n) is 8.50. The standard InChI is InChI=1S/C37H75N2O6P/c1-6-8-10-12-14-16-18-19-20-21-23-25-27-29-31-37(41)38-35(34-45-46(42,43)44-33-32-39(3,4)5)36(40)30-28-26-24-22-17-15-13-11-9-7-2/h28,30,35-36,40H,6-27,29,31-34H2,1-5H3,(H-,38,41,42,43)/b30-28+. The van der Waals surface area contributed by atoms with Gasteiger partial charge in [-0.05, 0) is 19.3 Å². The average Bonchev–Trinajstić information content (AvgIpc) is 2.99. The Morgan fingerprint density at radius 2 is 1.17 bits per heavy atom. The number of allylic oxidation sites excluding steroid dienone is 1. The van der Waals surface area contributed by atoms with Crippen LogP contribution in [-0.4, -0.2) is 68.5 Å². The minimum absolute atomic E-state index is 0.00148. The lowest BCUT2D eigenvalue weighted by Gasteiger charge is -2.29. The van der Waals surface area contributed by atoms with Gasteiger partial charge < -0.3 is 28.8 Å². The first-order valence-corrected chi connectivity index (χ1v) is 20.5. The Balaban J connectivity index is 4.49. The summed E-state index contributed by atoms with van der Waals surface area (Å²) in [4.78, 5) is 25.1. The van der Waals surface area contributed by atoms with Gasteiger partial charge in [0, 0.05) is 6.42 Å². The number of aliphatic hydroxyl groups is 1. The third kappa shape index (κ3) is 31.8. The molecule has 0 radical (unpaired) electrons. The number of nitrogens with zero attached hydrogens (tertiary/aromatic N) is 1. The van der Waals surface area contributed by atoms with Crippen LogP contribution in [0, 0.1) is 0 Å². The monoisotopic (exact) mass is 675 g/mol. The fraction of sp³-hybridized carbons (Fsp3) is 0.919. The number of rotatable bonds is 34. The maximum absolute atomic E-state index is 12.7. The molecule has 0 aliphatic rings. The molecule has 0 heterocycles. The minimum atomic E-state index is -4.57. The molecule has 0 aliphatic heterocycles. The number of carbonyl (C=O) groups excluding carboxylic acids is 1. The SMILES string of the molecule is CCCCCCCCCC/C=C/C(O)C(COP(=O)([O-])OCC[N+](C)(C)C)NC(=O)CCCCCCCCCCCCCCCC. The molecule has 0 rings (SSSR count). The summed E-state index contributed by atoms with van der Waals surface area (Å²) in [7, 11) is 1.26. The highest BCUT2D eigenvalue weighted by molar-refractivity contribution is 7.45. The van der Waals surface area contributed by atoms with Crippen molar-refractivity contribution < 1.29 is 32.9 Å².